The number of ketones is 1. The Morgan fingerprint density at radius 3 is 2.55 bits per heavy atom. The molecule has 2 aromatic carbocycles. The Bertz CT molecular complexity index is 1000. The average molecular weight is 410 g/mol. The first-order valence-corrected chi connectivity index (χ1v) is 11.3. The van der Waals surface area contributed by atoms with Gasteiger partial charge >= 0.3 is 5.69 Å². The molecule has 0 bridgehead atoms. The van der Waals surface area contributed by atoms with Crippen LogP contribution in [0.25, 0.3) is 11.0 Å². The summed E-state index contributed by atoms with van der Waals surface area (Å²) in [5.74, 6) is 0.870. The number of aromatic amines is 1. The van der Waals surface area contributed by atoms with Crippen molar-refractivity contribution in [3.63, 3.8) is 0 Å². The maximum Gasteiger partial charge on any atom is 0.326 e. The number of benzene rings is 2. The van der Waals surface area contributed by atoms with Gasteiger partial charge < -0.3 is 9.88 Å². The molecular weight excluding hydrogens is 382 g/mol. The molecule has 0 aliphatic carbocycles. The number of H-pyrrole nitrogens is 1. The van der Waals surface area contributed by atoms with E-state index in [1.807, 2.05) is 59.2 Å². The molecule has 0 amide bonds. The maximum atomic E-state index is 12.4. The predicted molar refractivity (Wildman–Crippen MR) is 119 cm³/mol. The Labute approximate surface area is 175 Å². The molecule has 3 aromatic rings. The molecule has 152 valence electrons. The molecule has 0 saturated carbocycles. The minimum absolute atomic E-state index is 0.00818. The summed E-state index contributed by atoms with van der Waals surface area (Å²) < 4.78 is 1.93. The number of carbonyl (C=O) groups is 1. The monoisotopic (exact) mass is 409 g/mol. The lowest BCUT2D eigenvalue weighted by Gasteiger charge is -2.32. The van der Waals surface area contributed by atoms with Gasteiger partial charge in [0.15, 0.2) is 0 Å². The summed E-state index contributed by atoms with van der Waals surface area (Å²) in [6.45, 7) is 2.91. The van der Waals surface area contributed by atoms with Crippen LogP contribution in [0.1, 0.15) is 31.7 Å². The number of thioether (sulfide) groups is 1. The van der Waals surface area contributed by atoms with Crippen molar-refractivity contribution in [3.05, 3.63) is 65.1 Å². The predicted octanol–water partition coefficient (Wildman–Crippen LogP) is 4.11. The van der Waals surface area contributed by atoms with E-state index in [4.69, 9.17) is 0 Å². The second kappa shape index (κ2) is 9.46. The van der Waals surface area contributed by atoms with E-state index in [0.29, 0.717) is 18.0 Å². The fourth-order valence-electron chi connectivity index (χ4n) is 4.09. The first-order valence-electron chi connectivity index (χ1n) is 10.3. The summed E-state index contributed by atoms with van der Waals surface area (Å²) in [4.78, 5) is 31.1. The molecule has 0 spiro atoms. The molecule has 1 saturated heterocycles. The Hall–Kier alpha value is -2.31. The lowest BCUT2D eigenvalue weighted by molar-refractivity contribution is -0.116. The summed E-state index contributed by atoms with van der Waals surface area (Å²) in [5, 5.41) is 0. The highest BCUT2D eigenvalue weighted by molar-refractivity contribution is 8.00. The Morgan fingerprint density at radius 1 is 1.03 bits per heavy atom. The summed E-state index contributed by atoms with van der Waals surface area (Å²) in [5.41, 5.74) is 1.90. The van der Waals surface area contributed by atoms with Crippen LogP contribution in [0.4, 0.5) is 0 Å². The van der Waals surface area contributed by atoms with Gasteiger partial charge in [-0.25, -0.2) is 4.79 Å². The second-order valence-electron chi connectivity index (χ2n) is 7.63. The molecule has 1 fully saturated rings. The summed E-state index contributed by atoms with van der Waals surface area (Å²) in [7, 11) is 0. The number of likely N-dealkylation sites (tertiary alicyclic amines) is 1. The van der Waals surface area contributed by atoms with Gasteiger partial charge in [0.05, 0.1) is 16.8 Å². The van der Waals surface area contributed by atoms with Crippen LogP contribution in [-0.2, 0) is 4.79 Å². The number of hydrogen-bond donors (Lipinski definition) is 1. The molecule has 4 rings (SSSR count). The molecule has 6 heteroatoms. The molecule has 1 aliphatic heterocycles. The zero-order chi connectivity index (χ0) is 20.1. The van der Waals surface area contributed by atoms with Crippen LogP contribution in [0.5, 0.6) is 0 Å². The van der Waals surface area contributed by atoms with E-state index in [0.717, 1.165) is 54.8 Å². The molecular formula is C23H27N3O2S. The molecule has 2 heterocycles. The SMILES string of the molecule is O=C(CCCN1CCC(n2c(=O)[nH]c3ccccc32)CC1)CSc1ccccc1. The van der Waals surface area contributed by atoms with Gasteiger partial charge in [0.1, 0.15) is 5.78 Å². The fraction of sp³-hybridized carbons (Fsp3) is 0.391. The number of para-hydroxylation sites is 2. The fourth-order valence-corrected chi connectivity index (χ4v) is 4.91. The third-order valence-electron chi connectivity index (χ3n) is 5.62. The number of Topliss-reactive ketones (excluding diaryl/α,β-unsaturated/α-hetero) is 1. The molecule has 1 N–H and O–H groups in total. The first kappa shape index (κ1) is 20.0. The van der Waals surface area contributed by atoms with E-state index >= 15 is 0 Å². The number of nitrogens with zero attached hydrogens (tertiary/aromatic N) is 2. The van der Waals surface area contributed by atoms with Crippen LogP contribution in [0.2, 0.25) is 0 Å². The zero-order valence-electron chi connectivity index (χ0n) is 16.5. The summed E-state index contributed by atoms with van der Waals surface area (Å²) in [6.07, 6.45) is 3.49. The topological polar surface area (TPSA) is 58.1 Å². The molecule has 1 aromatic heterocycles. The highest BCUT2D eigenvalue weighted by Crippen LogP contribution is 2.25. The molecule has 0 radical (unpaired) electrons. The van der Waals surface area contributed by atoms with Crippen molar-refractivity contribution >= 4 is 28.6 Å². The second-order valence-corrected chi connectivity index (χ2v) is 8.68. The Balaban J connectivity index is 1.21. The van der Waals surface area contributed by atoms with Crippen LogP contribution in [0.15, 0.2) is 64.3 Å². The first-order chi connectivity index (χ1) is 14.2. The lowest BCUT2D eigenvalue weighted by Crippen LogP contribution is -2.37. The van der Waals surface area contributed by atoms with Crippen molar-refractivity contribution in [2.75, 3.05) is 25.4 Å². The van der Waals surface area contributed by atoms with Gasteiger partial charge in [0, 0.05) is 30.4 Å². The van der Waals surface area contributed by atoms with Gasteiger partial charge in [-0.2, -0.15) is 0 Å². The number of imidazole rings is 1. The summed E-state index contributed by atoms with van der Waals surface area (Å²) in [6, 6.07) is 18.2. The minimum atomic E-state index is -0.00818. The van der Waals surface area contributed by atoms with Crippen LogP contribution in [0, 0.1) is 0 Å². The highest BCUT2D eigenvalue weighted by Gasteiger charge is 2.23. The van der Waals surface area contributed by atoms with E-state index < -0.39 is 0 Å². The largest absolute Gasteiger partial charge is 0.326 e. The normalized spacial score (nSPS) is 15.7. The molecule has 5 nitrogen and oxygen atoms in total. The minimum Gasteiger partial charge on any atom is -0.306 e. The average Bonchev–Trinajstić information content (AvgIpc) is 3.09. The third kappa shape index (κ3) is 5.00. The van der Waals surface area contributed by atoms with E-state index in [-0.39, 0.29) is 11.7 Å². The number of nitrogens with one attached hydrogen (secondary N) is 1. The Morgan fingerprint density at radius 2 is 1.76 bits per heavy atom. The molecule has 0 atom stereocenters. The number of piperidine rings is 1. The number of rotatable bonds is 8. The van der Waals surface area contributed by atoms with E-state index in [2.05, 4.69) is 9.88 Å². The molecule has 29 heavy (non-hydrogen) atoms. The number of hydrogen-bond acceptors (Lipinski definition) is 4. The van der Waals surface area contributed by atoms with Gasteiger partial charge in [-0.3, -0.25) is 9.36 Å². The van der Waals surface area contributed by atoms with Crippen LogP contribution in [0.3, 0.4) is 0 Å². The van der Waals surface area contributed by atoms with E-state index in [9.17, 15) is 9.59 Å². The van der Waals surface area contributed by atoms with Crippen molar-refractivity contribution < 1.29 is 4.79 Å². The Kier molecular flexibility index (Phi) is 6.52. The van der Waals surface area contributed by atoms with Crippen molar-refractivity contribution in [2.45, 2.75) is 36.6 Å². The van der Waals surface area contributed by atoms with Gasteiger partial charge in [0.2, 0.25) is 0 Å². The van der Waals surface area contributed by atoms with Gasteiger partial charge in [0.25, 0.3) is 0 Å². The van der Waals surface area contributed by atoms with E-state index in [1.54, 1.807) is 11.8 Å². The van der Waals surface area contributed by atoms with Gasteiger partial charge in [-0.15, -0.1) is 11.8 Å². The summed E-state index contributed by atoms with van der Waals surface area (Å²) >= 11 is 1.62. The third-order valence-corrected chi connectivity index (χ3v) is 6.69. The zero-order valence-corrected chi connectivity index (χ0v) is 17.4. The molecule has 1 aliphatic rings. The maximum absolute atomic E-state index is 12.4. The lowest BCUT2D eigenvalue weighted by atomic mass is 10.0. The standard InChI is InChI=1S/C23H27N3O2S/c27-19(17-29-20-8-2-1-3-9-20)7-6-14-25-15-12-18(13-16-25)26-22-11-5-4-10-21(22)24-23(26)28/h1-5,8-11,18H,6-7,12-17H2,(H,24,28). The smallest absolute Gasteiger partial charge is 0.306 e. The highest BCUT2D eigenvalue weighted by atomic mass is 32.2. The van der Waals surface area contributed by atoms with Gasteiger partial charge in [-0.1, -0.05) is 30.3 Å². The molecule has 0 unspecified atom stereocenters. The van der Waals surface area contributed by atoms with Crippen molar-refractivity contribution in [2.24, 2.45) is 0 Å². The van der Waals surface area contributed by atoms with Crippen molar-refractivity contribution in [1.29, 1.82) is 0 Å². The van der Waals surface area contributed by atoms with E-state index in [1.165, 1.54) is 0 Å². The van der Waals surface area contributed by atoms with Crippen LogP contribution in [-0.4, -0.2) is 45.6 Å². The van der Waals surface area contributed by atoms with Crippen LogP contribution < -0.4 is 5.69 Å². The van der Waals surface area contributed by atoms with Crippen molar-refractivity contribution in [3.8, 4) is 0 Å². The number of fused-ring (bicyclic) bond motifs is 1. The van der Waals surface area contributed by atoms with Crippen molar-refractivity contribution in [1.82, 2.24) is 14.5 Å². The quantitative estimate of drug-likeness (QED) is 0.569. The number of aromatic nitrogens is 2. The van der Waals surface area contributed by atoms with Crippen LogP contribution >= 0.6 is 11.8 Å². The number of carbonyl (C=O) groups excluding carboxylic acids is 1. The van der Waals surface area contributed by atoms with Gasteiger partial charge in [-0.05, 0) is 50.1 Å².